The van der Waals surface area contributed by atoms with Gasteiger partial charge in [0.05, 0.1) is 17.1 Å². The van der Waals surface area contributed by atoms with Crippen LogP contribution in [0.1, 0.15) is 36.6 Å². The number of hydrogen-bond donors (Lipinski definition) is 3. The molecule has 0 unspecified atom stereocenters. The molecule has 0 bridgehead atoms. The Balaban J connectivity index is 2.24. The Morgan fingerprint density at radius 1 is 1.26 bits per heavy atom. The van der Waals surface area contributed by atoms with Gasteiger partial charge in [0.25, 0.3) is 0 Å². The van der Waals surface area contributed by atoms with E-state index in [2.05, 4.69) is 27.3 Å². The van der Waals surface area contributed by atoms with Crippen molar-refractivity contribution >= 4 is 22.3 Å². The minimum Gasteiger partial charge on any atom is -0.353 e. The molecule has 0 spiro atoms. The average Bonchev–Trinajstić information content (AvgIpc) is 2.84. The van der Waals surface area contributed by atoms with E-state index in [4.69, 9.17) is 11.7 Å². The Hall–Kier alpha value is -2.30. The highest BCUT2D eigenvalue weighted by molar-refractivity contribution is 6.08. The summed E-state index contributed by atoms with van der Waals surface area (Å²) in [4.78, 5) is 3.42. The van der Waals surface area contributed by atoms with Gasteiger partial charge < -0.3 is 16.7 Å². The summed E-state index contributed by atoms with van der Waals surface area (Å²) in [5.41, 5.74) is 6.35. The lowest BCUT2D eigenvalue weighted by Crippen LogP contribution is -2.13. The lowest BCUT2D eigenvalue weighted by molar-refractivity contribution is 0.837. The van der Waals surface area contributed by atoms with Crippen LogP contribution in [0.15, 0.2) is 28.4 Å². The van der Waals surface area contributed by atoms with Crippen molar-refractivity contribution in [1.29, 1.82) is 0 Å². The molecule has 5 nitrogen and oxygen atoms in total. The van der Waals surface area contributed by atoms with Gasteiger partial charge in [-0.25, -0.2) is 0 Å². The van der Waals surface area contributed by atoms with Gasteiger partial charge in [-0.3, -0.25) is 0 Å². The van der Waals surface area contributed by atoms with Gasteiger partial charge in [0.15, 0.2) is 0 Å². The molecule has 2 aromatic rings. The summed E-state index contributed by atoms with van der Waals surface area (Å²) >= 11 is 0. The van der Waals surface area contributed by atoms with Crippen LogP contribution in [-0.4, -0.2) is 16.4 Å². The molecule has 0 radical (unpaired) electrons. The first-order valence-electron chi connectivity index (χ1n) is 6.41. The van der Waals surface area contributed by atoms with Crippen LogP contribution >= 0.6 is 0 Å². The molecule has 1 aliphatic carbocycles. The predicted molar refractivity (Wildman–Crippen MR) is 78.4 cm³/mol. The third-order valence-corrected chi connectivity index (χ3v) is 3.80. The number of aromatic nitrogens is 1. The zero-order valence-corrected chi connectivity index (χ0v) is 10.9. The molecule has 0 fully saturated rings. The fourth-order valence-electron chi connectivity index (χ4n) is 2.74. The van der Waals surface area contributed by atoms with Crippen molar-refractivity contribution in [3.8, 4) is 0 Å². The number of hydrazone groups is 2. The summed E-state index contributed by atoms with van der Waals surface area (Å²) in [6.07, 6.45) is 3.08. The van der Waals surface area contributed by atoms with E-state index in [1.807, 2.05) is 13.0 Å². The summed E-state index contributed by atoms with van der Waals surface area (Å²) in [5, 5.41) is 8.87. The number of rotatable bonds is 1. The molecule has 0 saturated heterocycles. The van der Waals surface area contributed by atoms with Crippen LogP contribution in [-0.2, 0) is 6.42 Å². The van der Waals surface area contributed by atoms with Gasteiger partial charge in [-0.05, 0) is 49.4 Å². The van der Waals surface area contributed by atoms with E-state index < -0.39 is 0 Å². The van der Waals surface area contributed by atoms with Crippen molar-refractivity contribution in [2.45, 2.75) is 26.2 Å². The molecule has 0 atom stereocenters. The predicted octanol–water partition coefficient (Wildman–Crippen LogP) is 1.85. The average molecular weight is 255 g/mol. The SMILES string of the molecule is C/C(=N/N)c1ccc2[nH]c3c(c2c1)CCC/C3=N\N. The van der Waals surface area contributed by atoms with Crippen molar-refractivity contribution in [1.82, 2.24) is 4.98 Å². The molecule has 3 rings (SSSR count). The number of fused-ring (bicyclic) bond motifs is 3. The highest BCUT2D eigenvalue weighted by Gasteiger charge is 2.20. The van der Waals surface area contributed by atoms with Crippen LogP contribution in [0.4, 0.5) is 0 Å². The number of nitrogens with zero attached hydrogens (tertiary/aromatic N) is 2. The van der Waals surface area contributed by atoms with E-state index in [-0.39, 0.29) is 0 Å². The number of benzene rings is 1. The monoisotopic (exact) mass is 255 g/mol. The van der Waals surface area contributed by atoms with Gasteiger partial charge in [-0.1, -0.05) is 6.07 Å². The van der Waals surface area contributed by atoms with E-state index in [1.165, 1.54) is 10.9 Å². The Morgan fingerprint density at radius 2 is 2.11 bits per heavy atom. The summed E-state index contributed by atoms with van der Waals surface area (Å²) in [7, 11) is 0. The minimum absolute atomic E-state index is 0.834. The Morgan fingerprint density at radius 3 is 2.84 bits per heavy atom. The highest BCUT2D eigenvalue weighted by atomic mass is 15.1. The molecule has 1 aliphatic rings. The third-order valence-electron chi connectivity index (χ3n) is 3.80. The van der Waals surface area contributed by atoms with E-state index in [1.54, 1.807) is 0 Å². The summed E-state index contributed by atoms with van der Waals surface area (Å²) < 4.78 is 0. The van der Waals surface area contributed by atoms with Crippen molar-refractivity contribution in [2.75, 3.05) is 0 Å². The highest BCUT2D eigenvalue weighted by Crippen LogP contribution is 2.30. The molecule has 1 heterocycles. The lowest BCUT2D eigenvalue weighted by Gasteiger charge is -2.12. The third kappa shape index (κ3) is 1.78. The van der Waals surface area contributed by atoms with Crippen molar-refractivity contribution < 1.29 is 0 Å². The summed E-state index contributed by atoms with van der Waals surface area (Å²) in [5.74, 6) is 10.8. The van der Waals surface area contributed by atoms with E-state index in [0.717, 1.165) is 47.5 Å². The van der Waals surface area contributed by atoms with Gasteiger partial charge >= 0.3 is 0 Å². The van der Waals surface area contributed by atoms with Crippen LogP contribution < -0.4 is 11.7 Å². The maximum atomic E-state index is 5.47. The molecule has 1 aromatic carbocycles. The molecule has 98 valence electrons. The lowest BCUT2D eigenvalue weighted by atomic mass is 9.93. The zero-order valence-electron chi connectivity index (χ0n) is 10.9. The Bertz CT molecular complexity index is 693. The minimum atomic E-state index is 0.834. The molecule has 19 heavy (non-hydrogen) atoms. The van der Waals surface area contributed by atoms with Crippen LogP contribution in [0.2, 0.25) is 0 Å². The van der Waals surface area contributed by atoms with E-state index in [0.29, 0.717) is 0 Å². The number of nitrogens with two attached hydrogens (primary N) is 2. The van der Waals surface area contributed by atoms with E-state index in [9.17, 15) is 0 Å². The molecular formula is C14H17N5. The van der Waals surface area contributed by atoms with Gasteiger partial charge in [0, 0.05) is 10.9 Å². The topological polar surface area (TPSA) is 92.5 Å². The number of H-pyrrole nitrogens is 1. The maximum absolute atomic E-state index is 5.47. The van der Waals surface area contributed by atoms with E-state index >= 15 is 0 Å². The van der Waals surface area contributed by atoms with Gasteiger partial charge in [0.2, 0.25) is 0 Å². The smallest absolute Gasteiger partial charge is 0.0837 e. The van der Waals surface area contributed by atoms with Crippen molar-refractivity contribution in [2.24, 2.45) is 21.9 Å². The zero-order chi connectivity index (χ0) is 13.4. The molecular weight excluding hydrogens is 238 g/mol. The molecule has 0 aliphatic heterocycles. The van der Waals surface area contributed by atoms with Crippen LogP contribution in [0, 0.1) is 0 Å². The first kappa shape index (κ1) is 11.8. The first-order valence-corrected chi connectivity index (χ1v) is 6.41. The fraction of sp³-hybridized carbons (Fsp3) is 0.286. The van der Waals surface area contributed by atoms with Crippen molar-refractivity contribution in [3.05, 3.63) is 35.0 Å². The van der Waals surface area contributed by atoms with Crippen LogP contribution in [0.5, 0.6) is 0 Å². The van der Waals surface area contributed by atoms with Crippen molar-refractivity contribution in [3.63, 3.8) is 0 Å². The Kier molecular flexibility index (Phi) is 2.74. The molecule has 5 N–H and O–H groups in total. The largest absolute Gasteiger partial charge is 0.353 e. The Labute approximate surface area is 111 Å². The van der Waals surface area contributed by atoms with Crippen LogP contribution in [0.3, 0.4) is 0 Å². The number of nitrogens with one attached hydrogen (secondary N) is 1. The quantitative estimate of drug-likeness (QED) is 0.412. The van der Waals surface area contributed by atoms with Gasteiger partial charge in [-0.15, -0.1) is 0 Å². The fourth-order valence-corrected chi connectivity index (χ4v) is 2.74. The second kappa shape index (κ2) is 4.42. The summed E-state index contributed by atoms with van der Waals surface area (Å²) in [6, 6.07) is 6.22. The number of aryl methyl sites for hydroxylation is 1. The molecule has 5 heteroatoms. The summed E-state index contributed by atoms with van der Waals surface area (Å²) in [6.45, 7) is 1.91. The van der Waals surface area contributed by atoms with Gasteiger partial charge in [-0.2, -0.15) is 10.2 Å². The molecule has 0 saturated carbocycles. The number of aromatic amines is 1. The molecule has 0 amide bonds. The second-order valence-electron chi connectivity index (χ2n) is 4.88. The standard InChI is InChI=1S/C14H17N5/c1-8(18-15)9-5-6-12-11(7-9)10-3-2-4-13(19-16)14(10)17-12/h5-7,17H,2-4,15-16H2,1H3/b18-8-,19-13+. The second-order valence-corrected chi connectivity index (χ2v) is 4.88. The van der Waals surface area contributed by atoms with Crippen LogP contribution in [0.25, 0.3) is 10.9 Å². The molecule has 1 aromatic heterocycles. The first-order chi connectivity index (χ1) is 9.24. The number of hydrogen-bond acceptors (Lipinski definition) is 4. The van der Waals surface area contributed by atoms with Gasteiger partial charge in [0.1, 0.15) is 0 Å². The maximum Gasteiger partial charge on any atom is 0.0837 e. The normalized spacial score (nSPS) is 17.9.